The van der Waals surface area contributed by atoms with Crippen molar-refractivity contribution in [2.24, 2.45) is 0 Å². The van der Waals surface area contributed by atoms with Crippen molar-refractivity contribution >= 4 is 0 Å². The van der Waals surface area contributed by atoms with Crippen molar-refractivity contribution in [3.63, 3.8) is 0 Å². The SMILES string of the molecule is C1=CNOOC=1. The van der Waals surface area contributed by atoms with Crippen molar-refractivity contribution in [1.29, 1.82) is 0 Å². The second-order valence-electron chi connectivity index (χ2n) is 0.726. The topological polar surface area (TPSA) is 30.5 Å². The summed E-state index contributed by atoms with van der Waals surface area (Å²) >= 11 is 0. The molecule has 0 spiro atoms. The Balaban J connectivity index is 2.53. The van der Waals surface area contributed by atoms with Crippen LogP contribution in [0.25, 0.3) is 0 Å². The molecule has 1 heterocycles. The molecule has 0 aromatic rings. The molecule has 6 heavy (non-hydrogen) atoms. The highest BCUT2D eigenvalue weighted by Gasteiger charge is 1.76. The highest BCUT2D eigenvalue weighted by molar-refractivity contribution is 4.74. The third kappa shape index (κ3) is 0.516. The number of rotatable bonds is 0. The predicted molar refractivity (Wildman–Crippen MR) is 18.0 cm³/mol. The first-order valence-electron chi connectivity index (χ1n) is 1.47. The van der Waals surface area contributed by atoms with Gasteiger partial charge in [-0.3, -0.25) is 0 Å². The summed E-state index contributed by atoms with van der Waals surface area (Å²) in [5.41, 5.74) is 4.87. The van der Waals surface area contributed by atoms with Gasteiger partial charge in [-0.15, -0.1) is 0 Å². The van der Waals surface area contributed by atoms with E-state index >= 15 is 0 Å². The highest BCUT2D eigenvalue weighted by atomic mass is 17.3. The van der Waals surface area contributed by atoms with Crippen molar-refractivity contribution < 1.29 is 9.88 Å². The van der Waals surface area contributed by atoms with Gasteiger partial charge in [0, 0.05) is 0 Å². The zero-order valence-electron chi connectivity index (χ0n) is 2.97. The molecule has 0 bridgehead atoms. The van der Waals surface area contributed by atoms with Crippen molar-refractivity contribution in [2.45, 2.75) is 0 Å². The Bertz CT molecular complexity index is 85.0. The molecule has 0 aromatic heterocycles. The number of hydroxylamine groups is 1. The molecule has 0 atom stereocenters. The van der Waals surface area contributed by atoms with Crippen LogP contribution in [0.4, 0.5) is 0 Å². The molecule has 3 nitrogen and oxygen atoms in total. The van der Waals surface area contributed by atoms with Gasteiger partial charge in [0.05, 0.1) is 6.20 Å². The van der Waals surface area contributed by atoms with Gasteiger partial charge >= 0.3 is 0 Å². The lowest BCUT2D eigenvalue weighted by molar-refractivity contribution is -0.288. The summed E-state index contributed by atoms with van der Waals surface area (Å²) in [5, 5.41) is 0. The molecule has 1 aliphatic heterocycles. The van der Waals surface area contributed by atoms with Crippen molar-refractivity contribution in [1.82, 2.24) is 5.48 Å². The molecule has 0 aliphatic carbocycles. The van der Waals surface area contributed by atoms with Crippen LogP contribution in [0.15, 0.2) is 18.2 Å². The molecule has 0 unspecified atom stereocenters. The molecule has 0 aromatic carbocycles. The van der Waals surface area contributed by atoms with Gasteiger partial charge in [-0.05, 0) is 0 Å². The summed E-state index contributed by atoms with van der Waals surface area (Å²) in [6.45, 7) is 0. The van der Waals surface area contributed by atoms with E-state index in [1.807, 2.05) is 0 Å². The molecule has 0 saturated carbocycles. The van der Waals surface area contributed by atoms with E-state index in [0.717, 1.165) is 0 Å². The minimum atomic E-state index is 1.30. The summed E-state index contributed by atoms with van der Waals surface area (Å²) < 4.78 is 0. The first kappa shape index (κ1) is 3.28. The normalized spacial score (nSPS) is 16.0. The lowest BCUT2D eigenvalue weighted by Gasteiger charge is -1.96. The van der Waals surface area contributed by atoms with E-state index in [1.54, 1.807) is 0 Å². The van der Waals surface area contributed by atoms with E-state index in [4.69, 9.17) is 0 Å². The van der Waals surface area contributed by atoms with Gasteiger partial charge in [-0.25, -0.2) is 5.48 Å². The largest absolute Gasteiger partial charge is 0.314 e. The van der Waals surface area contributed by atoms with Gasteiger partial charge in [0.25, 0.3) is 0 Å². The third-order valence-electron chi connectivity index (χ3n) is 0.355. The second-order valence-corrected chi connectivity index (χ2v) is 0.726. The quantitative estimate of drug-likeness (QED) is 0.333. The lowest BCUT2D eigenvalue weighted by atomic mass is 10.9. The van der Waals surface area contributed by atoms with Crippen LogP contribution < -0.4 is 5.48 Å². The van der Waals surface area contributed by atoms with Gasteiger partial charge in [0.2, 0.25) is 0 Å². The number of hydrogen-bond donors (Lipinski definition) is 1. The molecule has 3 heteroatoms. The molecule has 32 valence electrons. The molecule has 1 N–H and O–H groups in total. The van der Waals surface area contributed by atoms with E-state index < -0.39 is 0 Å². The molecule has 0 amide bonds. The van der Waals surface area contributed by atoms with E-state index in [1.165, 1.54) is 12.5 Å². The predicted octanol–water partition coefficient (Wildman–Crippen LogP) is 0.0791. The molecule has 0 fully saturated rings. The Hall–Kier alpha value is -0.920. The third-order valence-corrected chi connectivity index (χ3v) is 0.355. The fraction of sp³-hybridized carbons (Fsp3) is 0. The maximum absolute atomic E-state index is 4.19. The summed E-state index contributed by atoms with van der Waals surface area (Å²) in [6, 6.07) is 0. The van der Waals surface area contributed by atoms with Gasteiger partial charge < -0.3 is 4.89 Å². The average molecular weight is 85.1 g/mol. The van der Waals surface area contributed by atoms with Crippen LogP contribution in [0.2, 0.25) is 0 Å². The second kappa shape index (κ2) is 1.50. The maximum Gasteiger partial charge on any atom is 0.176 e. The van der Waals surface area contributed by atoms with Crippen LogP contribution in [0.5, 0.6) is 0 Å². The number of hydrogen-bond acceptors (Lipinski definition) is 3. The molecule has 0 radical (unpaired) electrons. The van der Waals surface area contributed by atoms with Gasteiger partial charge in [0.15, 0.2) is 6.26 Å². The average Bonchev–Trinajstić information content (AvgIpc) is 1.72. The number of nitrogens with one attached hydrogen (secondary N) is 1. The van der Waals surface area contributed by atoms with Crippen LogP contribution in [0, 0.1) is 0 Å². The minimum Gasteiger partial charge on any atom is -0.314 e. The van der Waals surface area contributed by atoms with Crippen LogP contribution in [0.1, 0.15) is 0 Å². The molecule has 1 aliphatic rings. The monoisotopic (exact) mass is 85.0 g/mol. The van der Waals surface area contributed by atoms with Gasteiger partial charge in [0.1, 0.15) is 0 Å². The van der Waals surface area contributed by atoms with E-state index in [-0.39, 0.29) is 0 Å². The Kier molecular flexibility index (Phi) is 0.819. The van der Waals surface area contributed by atoms with Crippen molar-refractivity contribution in [3.05, 3.63) is 18.2 Å². The van der Waals surface area contributed by atoms with Crippen LogP contribution in [-0.2, 0) is 9.88 Å². The zero-order valence-corrected chi connectivity index (χ0v) is 2.97. The Morgan fingerprint density at radius 2 is 2.67 bits per heavy atom. The summed E-state index contributed by atoms with van der Waals surface area (Å²) in [5.74, 6) is 0. The molecule has 0 saturated heterocycles. The van der Waals surface area contributed by atoms with Crippen LogP contribution >= 0.6 is 0 Å². The van der Waals surface area contributed by atoms with Gasteiger partial charge in [-0.1, -0.05) is 10.7 Å². The smallest absolute Gasteiger partial charge is 0.176 e. The Labute approximate surface area is 34.7 Å². The fourth-order valence-electron chi connectivity index (χ4n) is 0.172. The van der Waals surface area contributed by atoms with Gasteiger partial charge in [-0.2, -0.15) is 0 Å². The van der Waals surface area contributed by atoms with Crippen molar-refractivity contribution in [2.75, 3.05) is 0 Å². The first-order chi connectivity index (χ1) is 3.00. The standard InChI is InChI=1S/C3H3NO2/c1-2-4-6-5-3-1/h2-4H. The minimum absolute atomic E-state index is 1.30. The van der Waals surface area contributed by atoms with Crippen molar-refractivity contribution in [3.8, 4) is 0 Å². The lowest BCUT2D eigenvalue weighted by Crippen LogP contribution is -2.05. The Morgan fingerprint density at radius 1 is 1.67 bits per heavy atom. The Morgan fingerprint density at radius 3 is 2.83 bits per heavy atom. The van der Waals surface area contributed by atoms with E-state index in [0.29, 0.717) is 0 Å². The first-order valence-corrected chi connectivity index (χ1v) is 1.47. The molecule has 1 rings (SSSR count). The van der Waals surface area contributed by atoms with E-state index in [9.17, 15) is 0 Å². The zero-order chi connectivity index (χ0) is 4.24. The molecular weight excluding hydrogens is 82.0 g/mol. The summed E-state index contributed by atoms with van der Waals surface area (Å²) in [7, 11) is 0. The van der Waals surface area contributed by atoms with E-state index in [2.05, 4.69) is 21.1 Å². The van der Waals surface area contributed by atoms with Crippen LogP contribution in [0.3, 0.4) is 0 Å². The highest BCUT2D eigenvalue weighted by Crippen LogP contribution is 1.77. The summed E-state index contributed by atoms with van der Waals surface area (Å²) in [6.07, 6.45) is 2.79. The fourth-order valence-corrected chi connectivity index (χ4v) is 0.172. The summed E-state index contributed by atoms with van der Waals surface area (Å²) in [4.78, 5) is 8.34. The maximum atomic E-state index is 4.19. The van der Waals surface area contributed by atoms with Crippen LogP contribution in [-0.4, -0.2) is 0 Å². The molecular formula is C3H3NO2.